The van der Waals surface area contributed by atoms with Crippen molar-refractivity contribution >= 4 is 34.2 Å². The third-order valence-corrected chi connectivity index (χ3v) is 6.36. The lowest BCUT2D eigenvalue weighted by molar-refractivity contribution is -0.112. The van der Waals surface area contributed by atoms with Crippen LogP contribution in [0, 0.1) is 6.92 Å². The van der Waals surface area contributed by atoms with E-state index in [0.717, 1.165) is 10.5 Å². The van der Waals surface area contributed by atoms with Gasteiger partial charge < -0.3 is 4.74 Å². The molecule has 0 saturated heterocycles. The zero-order chi connectivity index (χ0) is 24.6. The molecule has 0 aromatic heterocycles. The Kier molecular flexibility index (Phi) is 7.67. The van der Waals surface area contributed by atoms with Crippen molar-refractivity contribution in [1.82, 2.24) is 4.72 Å². The minimum Gasteiger partial charge on any atom is -0.443 e. The highest BCUT2D eigenvalue weighted by Crippen LogP contribution is 2.41. The topological polar surface area (TPSA) is 75.7 Å². The maximum atomic E-state index is 13.8. The first-order valence-corrected chi connectivity index (χ1v) is 11.5. The molecule has 1 aromatic carbocycles. The number of amides is 2. The lowest BCUT2D eigenvalue weighted by atomic mass is 9.96. The van der Waals surface area contributed by atoms with Gasteiger partial charge in [-0.25, -0.2) is 27.4 Å². The van der Waals surface area contributed by atoms with E-state index in [4.69, 9.17) is 4.74 Å². The van der Waals surface area contributed by atoms with Crippen LogP contribution in [-0.2, 0) is 20.5 Å². The van der Waals surface area contributed by atoms with Crippen molar-refractivity contribution in [2.75, 3.05) is 4.90 Å². The maximum Gasteiger partial charge on any atom is 0.422 e. The van der Waals surface area contributed by atoms with E-state index in [1.165, 1.54) is 0 Å². The van der Waals surface area contributed by atoms with E-state index in [2.05, 4.69) is 4.72 Å². The number of anilines is 1. The van der Waals surface area contributed by atoms with Crippen LogP contribution in [-0.4, -0.2) is 39.0 Å². The number of nitrogens with one attached hydrogen (secondary N) is 1. The molecule has 9 heteroatoms. The predicted octanol–water partition coefficient (Wildman–Crippen LogP) is 5.13. The fourth-order valence-electron chi connectivity index (χ4n) is 3.21. The van der Waals surface area contributed by atoms with Crippen molar-refractivity contribution in [2.45, 2.75) is 84.6 Å². The van der Waals surface area contributed by atoms with Gasteiger partial charge in [0.2, 0.25) is 0 Å². The summed E-state index contributed by atoms with van der Waals surface area (Å²) >= 11 is 0. The third kappa shape index (κ3) is 6.01. The number of hydrogen-bond acceptors (Lipinski definition) is 4. The molecule has 0 unspecified atom stereocenters. The SMILES string of the molecule is C/C(C[C@H](N[S@@](=O)C(C)(C)C)C(F)F)=C1/C(=O)N(C(=O)OC(C)(C)C)c2ccc(C)cc21. The molecule has 0 aliphatic carbocycles. The Hall–Kier alpha value is -2.13. The van der Waals surface area contributed by atoms with Crippen molar-refractivity contribution in [1.29, 1.82) is 0 Å². The lowest BCUT2D eigenvalue weighted by Crippen LogP contribution is -2.43. The predicted molar refractivity (Wildman–Crippen MR) is 123 cm³/mol. The van der Waals surface area contributed by atoms with Gasteiger partial charge in [-0.15, -0.1) is 0 Å². The zero-order valence-corrected chi connectivity index (χ0v) is 20.7. The van der Waals surface area contributed by atoms with Crippen LogP contribution in [0.1, 0.15) is 66.0 Å². The van der Waals surface area contributed by atoms with Crippen LogP contribution < -0.4 is 9.62 Å². The number of imide groups is 1. The van der Waals surface area contributed by atoms with E-state index in [-0.39, 0.29) is 12.0 Å². The number of hydrogen-bond donors (Lipinski definition) is 1. The lowest BCUT2D eigenvalue weighted by Gasteiger charge is -2.24. The number of carbonyl (C=O) groups is 2. The van der Waals surface area contributed by atoms with Gasteiger partial charge in [-0.3, -0.25) is 4.79 Å². The Labute approximate surface area is 191 Å². The van der Waals surface area contributed by atoms with Crippen LogP contribution in [0.2, 0.25) is 0 Å². The summed E-state index contributed by atoms with van der Waals surface area (Å²) in [4.78, 5) is 27.0. The average Bonchev–Trinajstić information content (AvgIpc) is 2.89. The average molecular weight is 471 g/mol. The maximum absolute atomic E-state index is 13.8. The molecule has 1 N–H and O–H groups in total. The molecule has 1 aliphatic rings. The van der Waals surface area contributed by atoms with Crippen molar-refractivity contribution < 1.29 is 27.3 Å². The van der Waals surface area contributed by atoms with Crippen LogP contribution in [0.5, 0.6) is 0 Å². The molecule has 2 rings (SSSR count). The molecule has 1 aromatic rings. The molecule has 2 amide bonds. The Bertz CT molecular complexity index is 962. The summed E-state index contributed by atoms with van der Waals surface area (Å²) in [5, 5.41) is 0. The fourth-order valence-corrected chi connectivity index (χ4v) is 4.03. The first kappa shape index (κ1) is 26.1. The van der Waals surface area contributed by atoms with Crippen LogP contribution >= 0.6 is 0 Å². The normalized spacial score (nSPS) is 18.0. The molecule has 2 atom stereocenters. The van der Waals surface area contributed by atoms with Crippen LogP contribution in [0.25, 0.3) is 5.57 Å². The molecule has 178 valence electrons. The minimum absolute atomic E-state index is 0.184. The van der Waals surface area contributed by atoms with Gasteiger partial charge in [-0.05, 0) is 73.9 Å². The van der Waals surface area contributed by atoms with E-state index in [1.54, 1.807) is 66.7 Å². The van der Waals surface area contributed by atoms with Gasteiger partial charge in [-0.1, -0.05) is 17.2 Å². The quantitative estimate of drug-likeness (QED) is 0.606. The number of benzene rings is 1. The minimum atomic E-state index is -2.80. The largest absolute Gasteiger partial charge is 0.443 e. The Balaban J connectivity index is 2.48. The van der Waals surface area contributed by atoms with E-state index in [9.17, 15) is 22.6 Å². The Morgan fingerprint density at radius 2 is 1.78 bits per heavy atom. The van der Waals surface area contributed by atoms with Gasteiger partial charge in [0.25, 0.3) is 12.3 Å². The highest BCUT2D eigenvalue weighted by Gasteiger charge is 2.40. The van der Waals surface area contributed by atoms with Crippen molar-refractivity contribution in [3.05, 3.63) is 34.9 Å². The molecule has 32 heavy (non-hydrogen) atoms. The Morgan fingerprint density at radius 3 is 2.28 bits per heavy atom. The number of alkyl halides is 2. The molecular weight excluding hydrogens is 438 g/mol. The second-order valence-corrected chi connectivity index (χ2v) is 11.9. The molecule has 0 spiro atoms. The molecule has 0 bridgehead atoms. The molecule has 6 nitrogen and oxygen atoms in total. The van der Waals surface area contributed by atoms with E-state index in [0.29, 0.717) is 16.8 Å². The van der Waals surface area contributed by atoms with Crippen molar-refractivity contribution in [2.24, 2.45) is 0 Å². The summed E-state index contributed by atoms with van der Waals surface area (Å²) in [5.74, 6) is -0.623. The number of rotatable bonds is 5. The van der Waals surface area contributed by atoms with Gasteiger partial charge in [0.1, 0.15) is 5.60 Å². The van der Waals surface area contributed by atoms with Crippen LogP contribution in [0.15, 0.2) is 23.8 Å². The third-order valence-electron chi connectivity index (χ3n) is 4.73. The molecular formula is C23H32F2N2O4S. The van der Waals surface area contributed by atoms with Crippen molar-refractivity contribution in [3.63, 3.8) is 0 Å². The molecule has 0 fully saturated rings. The standard InChI is InChI=1S/C23H32F2N2O4S/c1-13-9-10-17-15(11-13)18(20(28)27(17)21(29)31-22(3,4)5)14(2)12-16(19(24)25)26-32(30)23(6,7)8/h9-11,16,19,26H,12H2,1-8H3/b18-14-/t16-,32-/m0/s1. The zero-order valence-electron chi connectivity index (χ0n) is 19.8. The fraction of sp³-hybridized carbons (Fsp3) is 0.565. The Morgan fingerprint density at radius 1 is 1.19 bits per heavy atom. The smallest absolute Gasteiger partial charge is 0.422 e. The number of ether oxygens (including phenoxy) is 1. The van der Waals surface area contributed by atoms with Gasteiger partial charge in [-0.2, -0.15) is 0 Å². The number of nitrogens with zero attached hydrogens (tertiary/aromatic N) is 1. The monoisotopic (exact) mass is 470 g/mol. The van der Waals surface area contributed by atoms with E-state index >= 15 is 0 Å². The second-order valence-electron chi connectivity index (χ2n) is 9.94. The van der Waals surface area contributed by atoms with Crippen molar-refractivity contribution in [3.8, 4) is 0 Å². The summed E-state index contributed by atoms with van der Waals surface area (Å²) in [7, 11) is -1.71. The number of halogens is 2. The van der Waals surface area contributed by atoms with E-state index in [1.807, 2.05) is 6.92 Å². The molecule has 0 saturated carbocycles. The summed E-state index contributed by atoms with van der Waals surface area (Å²) in [5.41, 5.74) is 1.43. The van der Waals surface area contributed by atoms with Crippen LogP contribution in [0.3, 0.4) is 0 Å². The van der Waals surface area contributed by atoms with Crippen LogP contribution in [0.4, 0.5) is 19.3 Å². The molecule has 1 heterocycles. The summed E-state index contributed by atoms with van der Waals surface area (Å²) < 4.78 is 47.0. The summed E-state index contributed by atoms with van der Waals surface area (Å²) in [6, 6.07) is 3.73. The number of fused-ring (bicyclic) bond motifs is 1. The summed E-state index contributed by atoms with van der Waals surface area (Å²) in [6.45, 7) is 13.5. The van der Waals surface area contributed by atoms with Gasteiger partial charge >= 0.3 is 6.09 Å². The highest BCUT2D eigenvalue weighted by molar-refractivity contribution is 7.84. The second kappa shape index (κ2) is 9.39. The first-order chi connectivity index (χ1) is 14.5. The van der Waals surface area contributed by atoms with Gasteiger partial charge in [0.15, 0.2) is 0 Å². The van der Waals surface area contributed by atoms with Gasteiger partial charge in [0, 0.05) is 11.1 Å². The van der Waals surface area contributed by atoms with E-state index < -0.39 is 45.8 Å². The number of carbonyl (C=O) groups excluding carboxylic acids is 2. The highest BCUT2D eigenvalue weighted by atomic mass is 32.2. The van der Waals surface area contributed by atoms with Gasteiger partial charge in [0.05, 0.1) is 27.5 Å². The molecule has 1 aliphatic heterocycles. The molecule has 0 radical (unpaired) electrons. The summed E-state index contributed by atoms with van der Waals surface area (Å²) in [6.07, 6.45) is -3.84. The number of aryl methyl sites for hydroxylation is 1. The first-order valence-electron chi connectivity index (χ1n) is 10.4.